The van der Waals surface area contributed by atoms with Crippen molar-refractivity contribution in [1.29, 1.82) is 0 Å². The zero-order valence-electron chi connectivity index (χ0n) is 16.3. The summed E-state index contributed by atoms with van der Waals surface area (Å²) in [4.78, 5) is 23.1. The van der Waals surface area contributed by atoms with E-state index in [1.54, 1.807) is 6.08 Å². The monoisotopic (exact) mass is 437 g/mol. The van der Waals surface area contributed by atoms with E-state index in [4.69, 9.17) is 4.42 Å². The molecule has 0 bridgehead atoms. The highest BCUT2D eigenvalue weighted by atomic mass is 32.2. The molecule has 2 N–H and O–H groups in total. The molecule has 2 aromatic carbocycles. The van der Waals surface area contributed by atoms with E-state index in [2.05, 4.69) is 9.97 Å². The maximum Gasteiger partial charge on any atom is 0.288 e. The molecule has 2 aromatic heterocycles. The predicted octanol–water partition coefficient (Wildman–Crippen LogP) is 5.70. The Balaban J connectivity index is 1.41. The van der Waals surface area contributed by atoms with Gasteiger partial charge in [-0.3, -0.25) is 4.79 Å². The number of thioether (sulfide) groups is 1. The van der Waals surface area contributed by atoms with Crippen molar-refractivity contribution in [2.24, 2.45) is 0 Å². The number of benzene rings is 2. The Hall–Kier alpha value is -2.68. The summed E-state index contributed by atoms with van der Waals surface area (Å²) in [7, 11) is 0. The molecule has 152 valence electrons. The van der Waals surface area contributed by atoms with Crippen LogP contribution in [-0.2, 0) is 0 Å². The van der Waals surface area contributed by atoms with Crippen molar-refractivity contribution in [1.82, 2.24) is 14.9 Å². The Morgan fingerprint density at radius 3 is 2.87 bits per heavy atom. The van der Waals surface area contributed by atoms with Crippen molar-refractivity contribution < 1.29 is 14.3 Å². The molecule has 1 aliphatic rings. The predicted molar refractivity (Wildman–Crippen MR) is 120 cm³/mol. The summed E-state index contributed by atoms with van der Waals surface area (Å²) >= 11 is 2.58. The van der Waals surface area contributed by atoms with Gasteiger partial charge in [0.25, 0.3) is 5.24 Å². The van der Waals surface area contributed by atoms with Gasteiger partial charge in [-0.1, -0.05) is 23.9 Å². The first-order valence-corrected chi connectivity index (χ1v) is 11.2. The lowest BCUT2D eigenvalue weighted by Gasteiger charge is -2.23. The quantitative estimate of drug-likeness (QED) is 0.426. The number of fused-ring (bicyclic) bond motifs is 2. The molecular formula is C22H19N3O3S2. The van der Waals surface area contributed by atoms with Gasteiger partial charge in [0, 0.05) is 21.2 Å². The fourth-order valence-corrected chi connectivity index (χ4v) is 5.28. The van der Waals surface area contributed by atoms with E-state index in [9.17, 15) is 9.90 Å². The number of aliphatic hydroxyl groups excluding tert-OH is 1. The number of nitrogens with zero attached hydrogens (tertiary/aromatic N) is 2. The van der Waals surface area contributed by atoms with Gasteiger partial charge in [-0.05, 0) is 68.1 Å². The third-order valence-corrected chi connectivity index (χ3v) is 6.69. The lowest BCUT2D eigenvalue weighted by atomic mass is 10.2. The van der Waals surface area contributed by atoms with Crippen molar-refractivity contribution >= 4 is 56.8 Å². The molecule has 6 nitrogen and oxygen atoms in total. The van der Waals surface area contributed by atoms with Crippen LogP contribution in [-0.4, -0.2) is 37.5 Å². The number of aromatic nitrogens is 2. The van der Waals surface area contributed by atoms with E-state index in [1.807, 2.05) is 62.4 Å². The Bertz CT molecular complexity index is 1260. The number of H-pyrrole nitrogens is 1. The second-order valence-electron chi connectivity index (χ2n) is 7.30. The maximum absolute atomic E-state index is 12.1. The van der Waals surface area contributed by atoms with Gasteiger partial charge in [-0.2, -0.15) is 0 Å². The number of imidazole rings is 1. The molecule has 1 saturated heterocycles. The summed E-state index contributed by atoms with van der Waals surface area (Å²) in [6, 6.07) is 15.8. The Morgan fingerprint density at radius 1 is 1.27 bits per heavy atom. The second kappa shape index (κ2) is 7.54. The molecule has 1 amide bonds. The number of amides is 1. The highest BCUT2D eigenvalue weighted by Crippen LogP contribution is 2.38. The molecule has 0 spiro atoms. The van der Waals surface area contributed by atoms with E-state index in [0.717, 1.165) is 43.8 Å². The SMILES string of the molecule is CC(C)N1C(=O)S/C(=C\c2cc3ccc(Sc4nc5ccccc5[nH]4)cc3o2)C1O. The summed E-state index contributed by atoms with van der Waals surface area (Å²) in [5.41, 5.74) is 2.68. The molecule has 3 heterocycles. The topological polar surface area (TPSA) is 82.4 Å². The largest absolute Gasteiger partial charge is 0.457 e. The first-order chi connectivity index (χ1) is 14.5. The fourth-order valence-electron chi connectivity index (χ4n) is 3.44. The zero-order chi connectivity index (χ0) is 20.8. The molecule has 0 radical (unpaired) electrons. The van der Waals surface area contributed by atoms with Gasteiger partial charge in [-0.25, -0.2) is 4.98 Å². The van der Waals surface area contributed by atoms with Crippen LogP contribution >= 0.6 is 23.5 Å². The first-order valence-electron chi connectivity index (χ1n) is 9.54. The number of rotatable bonds is 4. The number of hydrogen-bond acceptors (Lipinski definition) is 6. The number of aromatic amines is 1. The van der Waals surface area contributed by atoms with Gasteiger partial charge in [0.15, 0.2) is 11.4 Å². The number of aliphatic hydroxyl groups is 1. The van der Waals surface area contributed by atoms with Crippen LogP contribution in [0.1, 0.15) is 19.6 Å². The molecule has 4 aromatic rings. The molecule has 0 aliphatic carbocycles. The fraction of sp³-hybridized carbons (Fsp3) is 0.182. The Morgan fingerprint density at radius 2 is 2.10 bits per heavy atom. The van der Waals surface area contributed by atoms with Gasteiger partial charge in [-0.15, -0.1) is 0 Å². The van der Waals surface area contributed by atoms with Gasteiger partial charge < -0.3 is 19.4 Å². The van der Waals surface area contributed by atoms with Gasteiger partial charge >= 0.3 is 0 Å². The average molecular weight is 438 g/mol. The minimum Gasteiger partial charge on any atom is -0.457 e. The number of furan rings is 1. The van der Waals surface area contributed by atoms with Crippen molar-refractivity contribution in [3.8, 4) is 0 Å². The molecule has 8 heteroatoms. The number of carbonyl (C=O) groups excluding carboxylic acids is 1. The van der Waals surface area contributed by atoms with E-state index in [0.29, 0.717) is 10.7 Å². The van der Waals surface area contributed by atoms with E-state index >= 15 is 0 Å². The lowest BCUT2D eigenvalue weighted by molar-refractivity contribution is 0.0624. The summed E-state index contributed by atoms with van der Waals surface area (Å²) in [6.07, 6.45) is 0.803. The summed E-state index contributed by atoms with van der Waals surface area (Å²) in [6.45, 7) is 3.76. The molecule has 5 rings (SSSR count). The van der Waals surface area contributed by atoms with Crippen LogP contribution in [0.3, 0.4) is 0 Å². The third-order valence-electron chi connectivity index (χ3n) is 4.87. The minimum absolute atomic E-state index is 0.0700. The Labute approximate surface area is 181 Å². The highest BCUT2D eigenvalue weighted by molar-refractivity contribution is 8.17. The van der Waals surface area contributed by atoms with Crippen molar-refractivity contribution in [3.05, 3.63) is 59.2 Å². The van der Waals surface area contributed by atoms with Crippen LogP contribution in [0, 0.1) is 0 Å². The van der Waals surface area contributed by atoms with Crippen LogP contribution in [0.2, 0.25) is 0 Å². The third kappa shape index (κ3) is 3.51. The van der Waals surface area contributed by atoms with Crippen molar-refractivity contribution in [2.45, 2.75) is 36.2 Å². The van der Waals surface area contributed by atoms with Gasteiger partial charge in [0.2, 0.25) is 0 Å². The number of carbonyl (C=O) groups is 1. The molecule has 30 heavy (non-hydrogen) atoms. The van der Waals surface area contributed by atoms with Crippen molar-refractivity contribution in [2.75, 3.05) is 0 Å². The van der Waals surface area contributed by atoms with Gasteiger partial charge in [0.05, 0.1) is 11.0 Å². The minimum atomic E-state index is -0.935. The lowest BCUT2D eigenvalue weighted by Crippen LogP contribution is -2.37. The normalized spacial score (nSPS) is 18.5. The second-order valence-corrected chi connectivity index (χ2v) is 9.39. The van der Waals surface area contributed by atoms with Crippen LogP contribution in [0.15, 0.2) is 67.9 Å². The summed E-state index contributed by atoms with van der Waals surface area (Å²) < 4.78 is 5.97. The van der Waals surface area contributed by atoms with E-state index < -0.39 is 6.23 Å². The van der Waals surface area contributed by atoms with E-state index in [1.165, 1.54) is 16.7 Å². The van der Waals surface area contributed by atoms with Crippen molar-refractivity contribution in [3.63, 3.8) is 0 Å². The molecule has 1 atom stereocenters. The average Bonchev–Trinajstić information content (AvgIpc) is 3.36. The summed E-state index contributed by atoms with van der Waals surface area (Å²) in [5, 5.41) is 12.1. The smallest absolute Gasteiger partial charge is 0.288 e. The number of hydrogen-bond donors (Lipinski definition) is 2. The number of nitrogens with one attached hydrogen (secondary N) is 1. The van der Waals surface area contributed by atoms with Crippen LogP contribution in [0.4, 0.5) is 4.79 Å². The standard InChI is InChI=1S/C22H19N3O3S2/c1-12(2)25-20(26)19(30-22(25)27)10-14-9-13-7-8-15(11-18(13)28-14)29-21-23-16-5-3-4-6-17(16)24-21/h3-12,20,26H,1-2H3,(H,23,24)/b19-10-. The van der Waals surface area contributed by atoms with Crippen LogP contribution < -0.4 is 0 Å². The first kappa shape index (κ1) is 19.3. The summed E-state index contributed by atoms with van der Waals surface area (Å²) in [5.74, 6) is 0.607. The molecule has 1 fully saturated rings. The van der Waals surface area contributed by atoms with Gasteiger partial charge in [0.1, 0.15) is 11.3 Å². The number of para-hydroxylation sites is 2. The van der Waals surface area contributed by atoms with E-state index in [-0.39, 0.29) is 11.3 Å². The van der Waals surface area contributed by atoms with Crippen LogP contribution in [0.5, 0.6) is 0 Å². The molecular weight excluding hydrogens is 418 g/mol. The van der Waals surface area contributed by atoms with Crippen LogP contribution in [0.25, 0.3) is 28.1 Å². The molecule has 1 unspecified atom stereocenters. The zero-order valence-corrected chi connectivity index (χ0v) is 18.0. The molecule has 1 aliphatic heterocycles. The Kier molecular flexibility index (Phi) is 4.85. The maximum atomic E-state index is 12.1. The highest BCUT2D eigenvalue weighted by Gasteiger charge is 2.36. The molecule has 0 saturated carbocycles.